The number of hydrogen-bond acceptors (Lipinski definition) is 2. The molecular formula is C42H24O2U. The SMILES string of the molecule is [U+2].[c-]1ccccc1-c1[c-]ccc(-c2cc3c4cc(-c5ccccc5)ccc4oc3c3c2oc2ccc(-c4ccccc4)cc23)c1. The number of fused-ring (bicyclic) bond motifs is 7. The van der Waals surface area contributed by atoms with Crippen molar-refractivity contribution >= 4 is 43.9 Å². The summed E-state index contributed by atoms with van der Waals surface area (Å²) in [5.41, 5.74) is 12.0. The summed E-state index contributed by atoms with van der Waals surface area (Å²) >= 11 is 0. The molecule has 0 saturated heterocycles. The van der Waals surface area contributed by atoms with Gasteiger partial charge in [-0.1, -0.05) is 72.8 Å². The molecule has 0 saturated carbocycles. The zero-order valence-corrected chi connectivity index (χ0v) is 28.3. The van der Waals surface area contributed by atoms with Crippen molar-refractivity contribution in [3.8, 4) is 44.5 Å². The van der Waals surface area contributed by atoms with Gasteiger partial charge in [-0.05, 0) is 52.6 Å². The third-order valence-corrected chi connectivity index (χ3v) is 8.50. The fourth-order valence-electron chi connectivity index (χ4n) is 6.35. The van der Waals surface area contributed by atoms with Gasteiger partial charge in [-0.15, -0.1) is 17.7 Å². The van der Waals surface area contributed by atoms with E-state index in [0.717, 1.165) is 82.8 Å². The van der Waals surface area contributed by atoms with Gasteiger partial charge in [0, 0.05) is 21.7 Å². The Bertz CT molecular complexity index is 2470. The smallest absolute Gasteiger partial charge is 0.455 e. The molecule has 2 heterocycles. The third kappa shape index (κ3) is 4.72. The summed E-state index contributed by atoms with van der Waals surface area (Å²) in [6, 6.07) is 57.1. The zero-order valence-electron chi connectivity index (χ0n) is 24.2. The Morgan fingerprint density at radius 3 is 1.71 bits per heavy atom. The van der Waals surface area contributed by atoms with E-state index in [2.05, 4.69) is 121 Å². The molecule has 0 atom stereocenters. The second kappa shape index (κ2) is 11.3. The molecule has 0 aliphatic heterocycles. The standard InChI is InChI=1S/C42H24O2.U/c1-4-11-27(12-5-1)30-17-10-18-33(23-30)34-26-36-35-24-31(28-13-6-2-7-14-28)19-21-38(35)43-42(36)40-37-25-32(29-15-8-3-9-16-29)20-22-39(37)44-41(34)40;/h1-11,13-16,18-26H;/q-2;+2. The summed E-state index contributed by atoms with van der Waals surface area (Å²) in [5.74, 6) is 0. The van der Waals surface area contributed by atoms with Gasteiger partial charge in [0.25, 0.3) is 0 Å². The molecule has 0 unspecified atom stereocenters. The van der Waals surface area contributed by atoms with E-state index in [0.29, 0.717) is 0 Å². The Morgan fingerprint density at radius 2 is 1.02 bits per heavy atom. The minimum absolute atomic E-state index is 0. The van der Waals surface area contributed by atoms with Crippen molar-refractivity contribution in [3.05, 3.63) is 158 Å². The minimum atomic E-state index is 0. The van der Waals surface area contributed by atoms with Crippen molar-refractivity contribution in [3.63, 3.8) is 0 Å². The molecule has 2 aromatic heterocycles. The van der Waals surface area contributed by atoms with Crippen LogP contribution in [0.5, 0.6) is 0 Å². The first kappa shape index (κ1) is 27.7. The molecule has 2 nitrogen and oxygen atoms in total. The Kier molecular flexibility index (Phi) is 6.95. The fourth-order valence-corrected chi connectivity index (χ4v) is 6.35. The largest absolute Gasteiger partial charge is 2.00 e. The van der Waals surface area contributed by atoms with Crippen molar-refractivity contribution in [1.82, 2.24) is 0 Å². The summed E-state index contributed by atoms with van der Waals surface area (Å²) < 4.78 is 13.4. The first-order valence-electron chi connectivity index (χ1n) is 14.8. The maximum Gasteiger partial charge on any atom is 2.00 e. The van der Waals surface area contributed by atoms with E-state index < -0.39 is 0 Å². The van der Waals surface area contributed by atoms with Crippen LogP contribution in [0.15, 0.2) is 154 Å². The zero-order chi connectivity index (χ0) is 29.0. The second-order valence-corrected chi connectivity index (χ2v) is 11.1. The van der Waals surface area contributed by atoms with Crippen LogP contribution >= 0.6 is 0 Å². The van der Waals surface area contributed by atoms with Crippen LogP contribution in [0.1, 0.15) is 0 Å². The van der Waals surface area contributed by atoms with Crippen LogP contribution in [0, 0.1) is 43.2 Å². The Hall–Kier alpha value is -4.81. The summed E-state index contributed by atoms with van der Waals surface area (Å²) in [6.07, 6.45) is 0. The monoisotopic (exact) mass is 798 g/mol. The van der Waals surface area contributed by atoms with Crippen LogP contribution in [-0.4, -0.2) is 0 Å². The predicted molar refractivity (Wildman–Crippen MR) is 180 cm³/mol. The molecule has 45 heavy (non-hydrogen) atoms. The van der Waals surface area contributed by atoms with E-state index in [1.54, 1.807) is 0 Å². The van der Waals surface area contributed by atoms with Crippen molar-refractivity contribution in [2.24, 2.45) is 0 Å². The quantitative estimate of drug-likeness (QED) is 0.166. The van der Waals surface area contributed by atoms with Gasteiger partial charge in [0.2, 0.25) is 0 Å². The molecular weight excluding hydrogens is 774 g/mol. The van der Waals surface area contributed by atoms with E-state index >= 15 is 0 Å². The molecule has 0 spiro atoms. The van der Waals surface area contributed by atoms with Crippen LogP contribution in [0.4, 0.5) is 0 Å². The molecule has 0 aliphatic carbocycles. The van der Waals surface area contributed by atoms with E-state index in [1.165, 1.54) is 5.56 Å². The van der Waals surface area contributed by atoms with Gasteiger partial charge < -0.3 is 8.83 Å². The second-order valence-electron chi connectivity index (χ2n) is 11.1. The molecule has 7 aromatic carbocycles. The molecule has 9 rings (SSSR count). The Labute approximate surface area is 284 Å². The van der Waals surface area contributed by atoms with Crippen molar-refractivity contribution in [1.29, 1.82) is 0 Å². The predicted octanol–water partition coefficient (Wildman–Crippen LogP) is 11.8. The van der Waals surface area contributed by atoms with Gasteiger partial charge in [-0.25, -0.2) is 11.1 Å². The van der Waals surface area contributed by atoms with Gasteiger partial charge in [0.05, 0.1) is 5.39 Å². The maximum atomic E-state index is 6.69. The fraction of sp³-hybridized carbons (Fsp3) is 0. The first-order chi connectivity index (χ1) is 21.8. The first-order valence-corrected chi connectivity index (χ1v) is 14.8. The van der Waals surface area contributed by atoms with Crippen LogP contribution in [0.2, 0.25) is 0 Å². The van der Waals surface area contributed by atoms with Gasteiger partial charge in [0.15, 0.2) is 0 Å². The van der Waals surface area contributed by atoms with Gasteiger partial charge in [0.1, 0.15) is 22.3 Å². The average Bonchev–Trinajstić information content (AvgIpc) is 3.67. The topological polar surface area (TPSA) is 26.3 Å². The van der Waals surface area contributed by atoms with Crippen molar-refractivity contribution in [2.75, 3.05) is 0 Å². The van der Waals surface area contributed by atoms with Crippen LogP contribution < -0.4 is 0 Å². The summed E-state index contributed by atoms with van der Waals surface area (Å²) in [6.45, 7) is 0. The molecule has 0 bridgehead atoms. The average molecular weight is 799 g/mol. The Balaban J connectivity index is 0.00000300. The van der Waals surface area contributed by atoms with Crippen molar-refractivity contribution in [2.45, 2.75) is 0 Å². The van der Waals surface area contributed by atoms with Crippen LogP contribution in [0.3, 0.4) is 0 Å². The summed E-state index contributed by atoms with van der Waals surface area (Å²) in [4.78, 5) is 0. The molecule has 0 N–H and O–H groups in total. The molecule has 208 valence electrons. The molecule has 0 aliphatic rings. The maximum absolute atomic E-state index is 6.69. The van der Waals surface area contributed by atoms with E-state index in [1.807, 2.05) is 36.4 Å². The van der Waals surface area contributed by atoms with Crippen LogP contribution in [-0.2, 0) is 0 Å². The summed E-state index contributed by atoms with van der Waals surface area (Å²) in [5, 5.41) is 4.17. The molecule has 0 fully saturated rings. The van der Waals surface area contributed by atoms with Gasteiger partial charge >= 0.3 is 31.1 Å². The number of hydrogen-bond donors (Lipinski definition) is 0. The van der Waals surface area contributed by atoms with E-state index in [4.69, 9.17) is 8.83 Å². The molecule has 9 aromatic rings. The number of benzene rings is 7. The third-order valence-electron chi connectivity index (χ3n) is 8.50. The Morgan fingerprint density at radius 1 is 0.400 bits per heavy atom. The summed E-state index contributed by atoms with van der Waals surface area (Å²) in [7, 11) is 0. The number of rotatable bonds is 4. The minimum Gasteiger partial charge on any atom is -0.455 e. The van der Waals surface area contributed by atoms with E-state index in [-0.39, 0.29) is 31.1 Å². The molecule has 3 heteroatoms. The van der Waals surface area contributed by atoms with Gasteiger partial charge in [-0.3, -0.25) is 0 Å². The van der Waals surface area contributed by atoms with Crippen molar-refractivity contribution < 1.29 is 39.9 Å². The number of furan rings is 2. The van der Waals surface area contributed by atoms with Gasteiger partial charge in [-0.2, -0.15) is 42.5 Å². The van der Waals surface area contributed by atoms with E-state index in [9.17, 15) is 0 Å². The normalized spacial score (nSPS) is 11.4. The molecule has 0 amide bonds. The van der Waals surface area contributed by atoms with Crippen LogP contribution in [0.25, 0.3) is 88.4 Å². The molecule has 0 radical (unpaired) electrons.